The number of aliphatic carboxylic acids is 1. The number of carbonyl (C=O) groups excluding carboxylic acids is 2. The molecule has 2 atom stereocenters. The molecule has 0 aromatic heterocycles. The molecular formula is C21H31ClN2O6. The molecule has 0 radical (unpaired) electrons. The van der Waals surface area contributed by atoms with Crippen molar-refractivity contribution < 1.29 is 29.0 Å². The Kier molecular flexibility index (Phi) is 8.53. The average molecular weight is 443 g/mol. The summed E-state index contributed by atoms with van der Waals surface area (Å²) in [6.07, 6.45) is -0.637. The predicted molar refractivity (Wildman–Crippen MR) is 114 cm³/mol. The van der Waals surface area contributed by atoms with Crippen molar-refractivity contribution in [3.8, 4) is 5.75 Å². The van der Waals surface area contributed by atoms with Gasteiger partial charge in [0.15, 0.2) is 0 Å². The second-order valence-electron chi connectivity index (χ2n) is 8.63. The molecule has 0 aliphatic rings. The summed E-state index contributed by atoms with van der Waals surface area (Å²) >= 11 is 6.16. The van der Waals surface area contributed by atoms with Crippen LogP contribution >= 0.6 is 11.6 Å². The number of nitrogens with one attached hydrogen (secondary N) is 2. The lowest BCUT2D eigenvalue weighted by Crippen LogP contribution is -2.55. The molecule has 0 bridgehead atoms. The molecule has 2 amide bonds. The van der Waals surface area contributed by atoms with Crippen LogP contribution in [0.15, 0.2) is 18.2 Å². The number of hydrogen-bond acceptors (Lipinski definition) is 5. The molecule has 1 unspecified atom stereocenters. The first-order valence-corrected chi connectivity index (χ1v) is 9.91. The summed E-state index contributed by atoms with van der Waals surface area (Å²) < 4.78 is 10.4. The molecule has 168 valence electrons. The number of carboxylic acid groups (broad SMARTS) is 1. The van der Waals surface area contributed by atoms with Crippen LogP contribution in [0.2, 0.25) is 5.02 Å². The lowest BCUT2D eigenvalue weighted by Gasteiger charge is -2.30. The van der Waals surface area contributed by atoms with E-state index in [1.807, 2.05) is 0 Å². The molecule has 0 saturated heterocycles. The van der Waals surface area contributed by atoms with E-state index >= 15 is 0 Å². The van der Waals surface area contributed by atoms with Gasteiger partial charge in [-0.05, 0) is 59.2 Å². The largest absolute Gasteiger partial charge is 0.495 e. The van der Waals surface area contributed by atoms with Crippen molar-refractivity contribution in [1.82, 2.24) is 10.6 Å². The van der Waals surface area contributed by atoms with Crippen molar-refractivity contribution >= 4 is 29.6 Å². The maximum Gasteiger partial charge on any atom is 0.408 e. The smallest absolute Gasteiger partial charge is 0.408 e. The van der Waals surface area contributed by atoms with Gasteiger partial charge in [-0.15, -0.1) is 0 Å². The minimum Gasteiger partial charge on any atom is -0.495 e. The molecular weight excluding hydrogens is 412 g/mol. The van der Waals surface area contributed by atoms with Gasteiger partial charge in [0.1, 0.15) is 17.4 Å². The zero-order valence-corrected chi connectivity index (χ0v) is 19.2. The number of benzene rings is 1. The molecule has 1 aromatic carbocycles. The van der Waals surface area contributed by atoms with Gasteiger partial charge in [-0.3, -0.25) is 9.59 Å². The zero-order valence-electron chi connectivity index (χ0n) is 18.5. The summed E-state index contributed by atoms with van der Waals surface area (Å²) in [6.45, 7) is 9.76. The third-order valence-electron chi connectivity index (χ3n) is 4.66. The number of ether oxygens (including phenoxy) is 2. The molecule has 9 heteroatoms. The molecule has 8 nitrogen and oxygen atoms in total. The van der Waals surface area contributed by atoms with Crippen LogP contribution in [0.5, 0.6) is 5.75 Å². The van der Waals surface area contributed by atoms with Gasteiger partial charge in [0.25, 0.3) is 0 Å². The van der Waals surface area contributed by atoms with E-state index in [0.29, 0.717) is 16.3 Å². The first kappa shape index (κ1) is 25.6. The van der Waals surface area contributed by atoms with E-state index in [1.54, 1.807) is 45.9 Å². The van der Waals surface area contributed by atoms with Crippen molar-refractivity contribution in [2.45, 2.75) is 65.6 Å². The third kappa shape index (κ3) is 7.40. The normalized spacial score (nSPS) is 13.7. The Hall–Kier alpha value is -2.48. The average Bonchev–Trinajstić information content (AvgIpc) is 2.59. The van der Waals surface area contributed by atoms with Crippen LogP contribution in [-0.4, -0.2) is 47.9 Å². The van der Waals surface area contributed by atoms with Gasteiger partial charge in [-0.25, -0.2) is 4.79 Å². The van der Waals surface area contributed by atoms with Crippen LogP contribution in [0, 0.1) is 5.41 Å². The lowest BCUT2D eigenvalue weighted by molar-refractivity contribution is -0.148. The van der Waals surface area contributed by atoms with E-state index in [-0.39, 0.29) is 6.42 Å². The Bertz CT molecular complexity index is 788. The Morgan fingerprint density at radius 2 is 1.73 bits per heavy atom. The molecule has 0 heterocycles. The monoisotopic (exact) mass is 442 g/mol. The maximum atomic E-state index is 12.9. The summed E-state index contributed by atoms with van der Waals surface area (Å²) in [7, 11) is 1.49. The molecule has 0 fully saturated rings. The quantitative estimate of drug-likeness (QED) is 0.568. The third-order valence-corrected chi connectivity index (χ3v) is 4.95. The number of methoxy groups -OCH3 is 1. The van der Waals surface area contributed by atoms with Crippen molar-refractivity contribution in [1.29, 1.82) is 0 Å². The molecule has 0 aliphatic carbocycles. The van der Waals surface area contributed by atoms with Crippen LogP contribution < -0.4 is 15.4 Å². The highest BCUT2D eigenvalue weighted by molar-refractivity contribution is 6.32. The van der Waals surface area contributed by atoms with Gasteiger partial charge in [-0.2, -0.15) is 0 Å². The van der Waals surface area contributed by atoms with Crippen molar-refractivity contribution in [2.24, 2.45) is 5.41 Å². The van der Waals surface area contributed by atoms with Crippen LogP contribution in [0.25, 0.3) is 0 Å². The van der Waals surface area contributed by atoms with Crippen molar-refractivity contribution in [2.75, 3.05) is 7.11 Å². The second-order valence-corrected chi connectivity index (χ2v) is 9.04. The van der Waals surface area contributed by atoms with E-state index in [2.05, 4.69) is 10.6 Å². The summed E-state index contributed by atoms with van der Waals surface area (Å²) in [4.78, 5) is 36.6. The van der Waals surface area contributed by atoms with Crippen LogP contribution in [-0.2, 0) is 20.7 Å². The molecule has 3 N–H and O–H groups in total. The Morgan fingerprint density at radius 3 is 2.20 bits per heavy atom. The maximum absolute atomic E-state index is 12.9. The van der Waals surface area contributed by atoms with Gasteiger partial charge in [-0.1, -0.05) is 17.7 Å². The van der Waals surface area contributed by atoms with Crippen LogP contribution in [0.3, 0.4) is 0 Å². The summed E-state index contributed by atoms with van der Waals surface area (Å²) in [5.41, 5.74) is -1.26. The molecule has 0 aliphatic heterocycles. The number of carboxylic acids is 1. The van der Waals surface area contributed by atoms with Gasteiger partial charge < -0.3 is 25.2 Å². The fourth-order valence-electron chi connectivity index (χ4n) is 2.41. The second kappa shape index (κ2) is 10.0. The SMILES string of the molecule is COc1ccc(CC(NC(=O)OC(C)(C)C)C(=O)N[C@@H](C)C(C)(C)C(=O)O)cc1Cl. The molecule has 1 rings (SSSR count). The number of alkyl carbamates (subject to hydrolysis) is 1. The Morgan fingerprint density at radius 1 is 1.13 bits per heavy atom. The van der Waals surface area contributed by atoms with Crippen LogP contribution in [0.4, 0.5) is 4.79 Å². The number of carbonyl (C=O) groups is 3. The van der Waals surface area contributed by atoms with Crippen molar-refractivity contribution in [3.63, 3.8) is 0 Å². The predicted octanol–water partition coefficient (Wildman–Crippen LogP) is 3.40. The number of hydrogen-bond donors (Lipinski definition) is 3. The lowest BCUT2D eigenvalue weighted by atomic mass is 9.85. The topological polar surface area (TPSA) is 114 Å². The Labute approximate surface area is 182 Å². The van der Waals surface area contributed by atoms with E-state index in [1.165, 1.54) is 21.0 Å². The fraction of sp³-hybridized carbons (Fsp3) is 0.571. The standard InChI is InChI=1S/C21H31ClN2O6/c1-12(21(5,6)18(26)27)23-17(25)15(24-19(28)30-20(2,3)4)11-13-8-9-16(29-7)14(22)10-13/h8-10,12,15H,11H2,1-7H3,(H,23,25)(H,24,28)(H,26,27)/t12-,15?/m0/s1. The molecule has 0 spiro atoms. The molecule has 1 aromatic rings. The number of halogens is 1. The summed E-state index contributed by atoms with van der Waals surface area (Å²) in [5.74, 6) is -1.10. The first-order chi connectivity index (χ1) is 13.7. The minimum atomic E-state index is -1.20. The Balaban J connectivity index is 3.07. The molecule has 0 saturated carbocycles. The molecule has 30 heavy (non-hydrogen) atoms. The summed E-state index contributed by atoms with van der Waals surface area (Å²) in [6, 6.07) is 3.34. The minimum absolute atomic E-state index is 0.120. The highest BCUT2D eigenvalue weighted by Crippen LogP contribution is 2.26. The van der Waals surface area contributed by atoms with E-state index in [9.17, 15) is 19.5 Å². The number of amides is 2. The van der Waals surface area contributed by atoms with Crippen molar-refractivity contribution in [3.05, 3.63) is 28.8 Å². The first-order valence-electron chi connectivity index (χ1n) is 9.53. The van der Waals surface area contributed by atoms with E-state index in [4.69, 9.17) is 21.1 Å². The van der Waals surface area contributed by atoms with Gasteiger partial charge in [0.05, 0.1) is 17.5 Å². The van der Waals surface area contributed by atoms with Gasteiger partial charge in [0, 0.05) is 12.5 Å². The summed E-state index contributed by atoms with van der Waals surface area (Å²) in [5, 5.41) is 15.0. The van der Waals surface area contributed by atoms with E-state index in [0.717, 1.165) is 0 Å². The van der Waals surface area contributed by atoms with Gasteiger partial charge >= 0.3 is 12.1 Å². The fourth-order valence-corrected chi connectivity index (χ4v) is 2.69. The highest BCUT2D eigenvalue weighted by atomic mass is 35.5. The highest BCUT2D eigenvalue weighted by Gasteiger charge is 2.36. The van der Waals surface area contributed by atoms with Gasteiger partial charge in [0.2, 0.25) is 5.91 Å². The van der Waals surface area contributed by atoms with Crippen LogP contribution in [0.1, 0.15) is 47.1 Å². The number of rotatable bonds is 8. The zero-order chi connectivity index (χ0) is 23.3. The van der Waals surface area contributed by atoms with E-state index < -0.39 is 41.1 Å².